The fraction of sp³-hybridized carbons (Fsp3) is 0. The fourth-order valence-corrected chi connectivity index (χ4v) is 1.74. The zero-order valence-corrected chi connectivity index (χ0v) is 8.35. The Bertz CT molecular complexity index is 530. The van der Waals surface area contributed by atoms with E-state index in [0.29, 0.717) is 0 Å². The molecule has 1 aromatic carbocycles. The average Bonchev–Trinajstić information content (AvgIpc) is 2.06. The van der Waals surface area contributed by atoms with E-state index < -0.39 is 36.2 Å². The van der Waals surface area contributed by atoms with E-state index in [1.165, 1.54) is 0 Å². The van der Waals surface area contributed by atoms with Gasteiger partial charge in [0.15, 0.2) is 0 Å². The van der Waals surface area contributed by atoms with Gasteiger partial charge in [-0.25, -0.2) is 12.8 Å². The van der Waals surface area contributed by atoms with Crippen LogP contribution >= 0.6 is 10.7 Å². The topological polar surface area (TPSA) is 77.3 Å². The summed E-state index contributed by atoms with van der Waals surface area (Å²) in [4.78, 5) is 7.84. The highest BCUT2D eigenvalue weighted by Gasteiger charge is 2.24. The Hall–Kier alpha value is -1.28. The number of nitro benzene ring substituents is 1. The van der Waals surface area contributed by atoms with Gasteiger partial charge < -0.3 is 0 Å². The fourth-order valence-electron chi connectivity index (χ4n) is 0.845. The quantitative estimate of drug-likeness (QED) is 0.460. The molecule has 0 aliphatic heterocycles. The summed E-state index contributed by atoms with van der Waals surface area (Å²) in [5, 5.41) is 10.2. The lowest BCUT2D eigenvalue weighted by Crippen LogP contribution is -2.00. The molecule has 9 heteroatoms. The maximum absolute atomic E-state index is 13.0. The molecule has 0 bridgehead atoms. The molecule has 0 atom stereocenters. The molecule has 0 N–H and O–H groups in total. The SMILES string of the molecule is O=[N+]([O-])c1cc(F)c(S(=O)(=O)Cl)cc1F. The van der Waals surface area contributed by atoms with Gasteiger partial charge in [0.05, 0.1) is 11.0 Å². The van der Waals surface area contributed by atoms with Crippen molar-refractivity contribution in [2.75, 3.05) is 0 Å². The Labute approximate surface area is 86.8 Å². The number of hydrogen-bond donors (Lipinski definition) is 0. The van der Waals surface area contributed by atoms with Crippen LogP contribution in [0.4, 0.5) is 14.5 Å². The largest absolute Gasteiger partial charge is 0.307 e. The summed E-state index contributed by atoms with van der Waals surface area (Å²) in [6.07, 6.45) is 0. The summed E-state index contributed by atoms with van der Waals surface area (Å²) < 4.78 is 47.2. The summed E-state index contributed by atoms with van der Waals surface area (Å²) in [5.74, 6) is -2.95. The van der Waals surface area contributed by atoms with Crippen molar-refractivity contribution in [2.24, 2.45) is 0 Å². The van der Waals surface area contributed by atoms with Gasteiger partial charge in [-0.15, -0.1) is 0 Å². The van der Waals surface area contributed by atoms with Crippen LogP contribution in [0, 0.1) is 21.7 Å². The molecule has 82 valence electrons. The molecule has 5 nitrogen and oxygen atoms in total. The smallest absolute Gasteiger partial charge is 0.258 e. The molecule has 0 unspecified atom stereocenters. The zero-order valence-electron chi connectivity index (χ0n) is 6.78. The molecule has 0 saturated heterocycles. The van der Waals surface area contributed by atoms with Crippen LogP contribution in [-0.2, 0) is 9.05 Å². The van der Waals surface area contributed by atoms with Crippen molar-refractivity contribution in [3.05, 3.63) is 33.9 Å². The van der Waals surface area contributed by atoms with Crippen LogP contribution < -0.4 is 0 Å². The van der Waals surface area contributed by atoms with Crippen molar-refractivity contribution in [2.45, 2.75) is 4.90 Å². The van der Waals surface area contributed by atoms with Crippen molar-refractivity contribution < 1.29 is 22.1 Å². The third-order valence-electron chi connectivity index (χ3n) is 1.46. The molecule has 0 radical (unpaired) electrons. The Kier molecular flexibility index (Phi) is 2.91. The predicted molar refractivity (Wildman–Crippen MR) is 46.1 cm³/mol. The van der Waals surface area contributed by atoms with Gasteiger partial charge in [0, 0.05) is 16.7 Å². The van der Waals surface area contributed by atoms with Gasteiger partial charge >= 0.3 is 5.69 Å². The van der Waals surface area contributed by atoms with Crippen LogP contribution in [0.5, 0.6) is 0 Å². The Morgan fingerprint density at radius 3 is 2.20 bits per heavy atom. The van der Waals surface area contributed by atoms with Crippen molar-refractivity contribution in [1.82, 2.24) is 0 Å². The number of rotatable bonds is 2. The normalized spacial score (nSPS) is 11.4. The summed E-state index contributed by atoms with van der Waals surface area (Å²) in [6.45, 7) is 0. The monoisotopic (exact) mass is 257 g/mol. The summed E-state index contributed by atoms with van der Waals surface area (Å²) in [5.41, 5.74) is -1.16. The third-order valence-corrected chi connectivity index (χ3v) is 2.80. The Balaban J connectivity index is 3.52. The van der Waals surface area contributed by atoms with E-state index in [4.69, 9.17) is 10.7 Å². The van der Waals surface area contributed by atoms with E-state index in [-0.39, 0.29) is 12.1 Å². The van der Waals surface area contributed by atoms with Gasteiger partial charge in [-0.3, -0.25) is 10.1 Å². The van der Waals surface area contributed by atoms with E-state index >= 15 is 0 Å². The van der Waals surface area contributed by atoms with E-state index in [9.17, 15) is 27.3 Å². The highest BCUT2D eigenvalue weighted by atomic mass is 35.7. The van der Waals surface area contributed by atoms with Crippen LogP contribution in [0.15, 0.2) is 17.0 Å². The van der Waals surface area contributed by atoms with E-state index in [1.54, 1.807) is 0 Å². The summed E-state index contributed by atoms with van der Waals surface area (Å²) in [6, 6.07) is 0.320. The lowest BCUT2D eigenvalue weighted by molar-refractivity contribution is -0.387. The first-order valence-corrected chi connectivity index (χ1v) is 5.62. The summed E-state index contributed by atoms with van der Waals surface area (Å²) >= 11 is 0. The molecule has 0 heterocycles. The molecule has 0 spiro atoms. The minimum atomic E-state index is -4.46. The maximum Gasteiger partial charge on any atom is 0.307 e. The molecule has 1 aromatic rings. The molecular weight excluding hydrogens is 256 g/mol. The minimum absolute atomic E-state index is 0.157. The van der Waals surface area contributed by atoms with Crippen LogP contribution in [0.1, 0.15) is 0 Å². The third kappa shape index (κ3) is 2.39. The second kappa shape index (κ2) is 3.70. The summed E-state index contributed by atoms with van der Waals surface area (Å²) in [7, 11) is 0.300. The van der Waals surface area contributed by atoms with Crippen LogP contribution in [-0.4, -0.2) is 13.3 Å². The van der Waals surface area contributed by atoms with Crippen molar-refractivity contribution in [1.29, 1.82) is 0 Å². The van der Waals surface area contributed by atoms with Crippen molar-refractivity contribution in [3.63, 3.8) is 0 Å². The first-order valence-electron chi connectivity index (χ1n) is 3.31. The van der Waals surface area contributed by atoms with E-state index in [1.807, 2.05) is 0 Å². The number of nitro groups is 1. The average molecular weight is 258 g/mol. The molecule has 0 saturated carbocycles. The minimum Gasteiger partial charge on any atom is -0.258 e. The molecule has 0 aliphatic carbocycles. The van der Waals surface area contributed by atoms with Crippen molar-refractivity contribution >= 4 is 25.4 Å². The standard InChI is InChI=1S/C6H2ClF2NO4S/c7-15(13,14)6-2-3(8)5(10(11)12)1-4(6)9/h1-2H. The highest BCUT2D eigenvalue weighted by Crippen LogP contribution is 2.26. The lowest BCUT2D eigenvalue weighted by Gasteiger charge is -1.99. The van der Waals surface area contributed by atoms with E-state index in [0.717, 1.165) is 0 Å². The van der Waals surface area contributed by atoms with Crippen LogP contribution in [0.2, 0.25) is 0 Å². The first kappa shape index (κ1) is 11.8. The number of hydrogen-bond acceptors (Lipinski definition) is 4. The molecule has 1 rings (SSSR count). The van der Waals surface area contributed by atoms with Gasteiger partial charge in [0.1, 0.15) is 10.7 Å². The lowest BCUT2D eigenvalue weighted by atomic mass is 10.3. The molecule has 0 amide bonds. The van der Waals surface area contributed by atoms with Gasteiger partial charge in [-0.2, -0.15) is 4.39 Å². The van der Waals surface area contributed by atoms with Gasteiger partial charge in [-0.1, -0.05) is 0 Å². The molecule has 0 fully saturated rings. The highest BCUT2D eigenvalue weighted by molar-refractivity contribution is 8.13. The Morgan fingerprint density at radius 1 is 1.27 bits per heavy atom. The number of nitrogens with zero attached hydrogens (tertiary/aromatic N) is 1. The second-order valence-corrected chi connectivity index (χ2v) is 4.96. The molecule has 0 aromatic heterocycles. The van der Waals surface area contributed by atoms with Crippen LogP contribution in [0.25, 0.3) is 0 Å². The first-order chi connectivity index (χ1) is 6.73. The van der Waals surface area contributed by atoms with Gasteiger partial charge in [0.25, 0.3) is 9.05 Å². The van der Waals surface area contributed by atoms with Gasteiger partial charge in [0.2, 0.25) is 5.82 Å². The number of benzene rings is 1. The molecule has 15 heavy (non-hydrogen) atoms. The Morgan fingerprint density at radius 2 is 1.80 bits per heavy atom. The number of halogens is 3. The maximum atomic E-state index is 13.0. The van der Waals surface area contributed by atoms with Crippen LogP contribution in [0.3, 0.4) is 0 Å². The predicted octanol–water partition coefficient (Wildman–Crippen LogP) is 1.80. The van der Waals surface area contributed by atoms with E-state index in [2.05, 4.69) is 0 Å². The van der Waals surface area contributed by atoms with Gasteiger partial charge in [-0.05, 0) is 0 Å². The second-order valence-electron chi connectivity index (χ2n) is 2.43. The zero-order chi connectivity index (χ0) is 11.8. The van der Waals surface area contributed by atoms with Crippen molar-refractivity contribution in [3.8, 4) is 0 Å². The molecular formula is C6H2ClF2NO4S. The molecule has 0 aliphatic rings.